The number of rotatable bonds is 6. The zero-order valence-electron chi connectivity index (χ0n) is 9.26. The molecule has 0 aliphatic heterocycles. The second-order valence-electron chi connectivity index (χ2n) is 3.50. The van der Waals surface area contributed by atoms with Crippen molar-refractivity contribution in [3.8, 4) is 0 Å². The fraction of sp³-hybridized carbons (Fsp3) is 0.300. The van der Waals surface area contributed by atoms with E-state index in [2.05, 4.69) is 10.0 Å². The number of nitrogens with zero attached hydrogens (tertiary/aromatic N) is 4. The normalized spacial score (nSPS) is 11.3. The lowest BCUT2D eigenvalue weighted by Gasteiger charge is -2.09. The highest BCUT2D eigenvalue weighted by molar-refractivity contribution is 5.66. The van der Waals surface area contributed by atoms with Gasteiger partial charge in [0.05, 0.1) is 11.0 Å². The molecule has 0 bridgehead atoms. The lowest BCUT2D eigenvalue weighted by Crippen LogP contribution is -2.01. The summed E-state index contributed by atoms with van der Waals surface area (Å²) in [5.74, 6) is -0.991. The van der Waals surface area contributed by atoms with Gasteiger partial charge in [0.25, 0.3) is 5.69 Å². The summed E-state index contributed by atoms with van der Waals surface area (Å²) in [6.07, 6.45) is 0.0118. The number of nitro groups is 1. The topological polar surface area (TPSA) is 129 Å². The third-order valence-corrected chi connectivity index (χ3v) is 2.31. The second kappa shape index (κ2) is 6.21. The lowest BCUT2D eigenvalue weighted by molar-refractivity contribution is -0.384. The summed E-state index contributed by atoms with van der Waals surface area (Å²) in [4.78, 5) is 23.0. The zero-order chi connectivity index (χ0) is 13.5. The smallest absolute Gasteiger partial charge is 0.303 e. The molecule has 18 heavy (non-hydrogen) atoms. The molecule has 0 saturated carbocycles. The average Bonchev–Trinajstić information content (AvgIpc) is 2.34. The van der Waals surface area contributed by atoms with Gasteiger partial charge >= 0.3 is 5.97 Å². The van der Waals surface area contributed by atoms with Crippen LogP contribution in [-0.4, -0.2) is 16.0 Å². The van der Waals surface area contributed by atoms with Crippen LogP contribution in [0.15, 0.2) is 29.4 Å². The molecule has 1 aromatic rings. The molecule has 0 aliphatic rings. The van der Waals surface area contributed by atoms with Crippen LogP contribution in [0.2, 0.25) is 0 Å². The minimum Gasteiger partial charge on any atom is -0.481 e. The van der Waals surface area contributed by atoms with Crippen molar-refractivity contribution in [2.75, 3.05) is 0 Å². The van der Waals surface area contributed by atoms with Crippen LogP contribution >= 0.6 is 0 Å². The molecular formula is C10H10N4O4. The summed E-state index contributed by atoms with van der Waals surface area (Å²) in [7, 11) is 0. The second-order valence-corrected chi connectivity index (χ2v) is 3.50. The minimum atomic E-state index is -0.991. The van der Waals surface area contributed by atoms with E-state index in [1.165, 1.54) is 24.3 Å². The maximum absolute atomic E-state index is 10.5. The molecule has 0 saturated heterocycles. The quantitative estimate of drug-likeness (QED) is 0.273. The lowest BCUT2D eigenvalue weighted by atomic mass is 10.0. The molecular weight excluding hydrogens is 240 g/mol. The van der Waals surface area contributed by atoms with Crippen LogP contribution in [0.1, 0.15) is 24.4 Å². The van der Waals surface area contributed by atoms with Crippen LogP contribution in [0.3, 0.4) is 0 Å². The Hall–Kier alpha value is -2.60. The minimum absolute atomic E-state index is 0.0725. The number of aliphatic carboxylic acids is 1. The van der Waals surface area contributed by atoms with Crippen molar-refractivity contribution in [1.29, 1.82) is 0 Å². The molecule has 0 aliphatic carbocycles. The summed E-state index contributed by atoms with van der Waals surface area (Å²) in [6.45, 7) is 0. The SMILES string of the molecule is [N-]=[N+]=NC(CCC(=O)O)c1ccc([N+](=O)[O-])cc1. The van der Waals surface area contributed by atoms with E-state index in [4.69, 9.17) is 10.6 Å². The molecule has 1 rings (SSSR count). The van der Waals surface area contributed by atoms with Gasteiger partial charge in [0.2, 0.25) is 0 Å². The molecule has 8 heteroatoms. The first-order valence-corrected chi connectivity index (χ1v) is 5.05. The van der Waals surface area contributed by atoms with Gasteiger partial charge in [-0.1, -0.05) is 17.2 Å². The summed E-state index contributed by atoms with van der Waals surface area (Å²) in [6, 6.07) is 4.86. The Morgan fingerprint density at radius 2 is 2.11 bits per heavy atom. The number of carbonyl (C=O) groups is 1. The van der Waals surface area contributed by atoms with Gasteiger partial charge in [-0.25, -0.2) is 0 Å². The van der Waals surface area contributed by atoms with Crippen LogP contribution in [0.25, 0.3) is 10.4 Å². The van der Waals surface area contributed by atoms with Gasteiger partial charge in [0.15, 0.2) is 0 Å². The average molecular weight is 250 g/mol. The zero-order valence-corrected chi connectivity index (χ0v) is 9.26. The molecule has 0 amide bonds. The highest BCUT2D eigenvalue weighted by Gasteiger charge is 2.13. The number of benzene rings is 1. The molecule has 1 N–H and O–H groups in total. The third-order valence-electron chi connectivity index (χ3n) is 2.31. The highest BCUT2D eigenvalue weighted by atomic mass is 16.6. The Balaban J connectivity index is 2.88. The maximum atomic E-state index is 10.5. The molecule has 94 valence electrons. The molecule has 0 spiro atoms. The van der Waals surface area contributed by atoms with E-state index in [-0.39, 0.29) is 18.5 Å². The predicted molar refractivity (Wildman–Crippen MR) is 61.9 cm³/mol. The Bertz CT molecular complexity index is 493. The summed E-state index contributed by atoms with van der Waals surface area (Å²) >= 11 is 0. The van der Waals surface area contributed by atoms with Crippen molar-refractivity contribution in [2.24, 2.45) is 5.11 Å². The fourth-order valence-corrected chi connectivity index (χ4v) is 1.43. The van der Waals surface area contributed by atoms with E-state index in [0.717, 1.165) is 0 Å². The van der Waals surface area contributed by atoms with Crippen LogP contribution < -0.4 is 0 Å². The predicted octanol–water partition coefficient (Wildman–Crippen LogP) is 2.81. The number of carboxylic acids is 1. The number of hydrogen-bond donors (Lipinski definition) is 1. The molecule has 0 heterocycles. The Morgan fingerprint density at radius 3 is 2.56 bits per heavy atom. The number of nitro benzene ring substituents is 1. The van der Waals surface area contributed by atoms with Crippen molar-refractivity contribution >= 4 is 11.7 Å². The maximum Gasteiger partial charge on any atom is 0.303 e. The van der Waals surface area contributed by atoms with Crippen molar-refractivity contribution in [2.45, 2.75) is 18.9 Å². The summed E-state index contributed by atoms with van der Waals surface area (Å²) in [5.41, 5.74) is 8.89. The third kappa shape index (κ3) is 3.76. The van der Waals surface area contributed by atoms with Gasteiger partial charge in [-0.2, -0.15) is 0 Å². The van der Waals surface area contributed by atoms with E-state index in [0.29, 0.717) is 5.56 Å². The van der Waals surface area contributed by atoms with Crippen molar-refractivity contribution in [3.63, 3.8) is 0 Å². The van der Waals surface area contributed by atoms with Crippen molar-refractivity contribution in [3.05, 3.63) is 50.4 Å². The fourth-order valence-electron chi connectivity index (χ4n) is 1.43. The van der Waals surface area contributed by atoms with Crippen molar-refractivity contribution < 1.29 is 14.8 Å². The van der Waals surface area contributed by atoms with E-state index in [1.54, 1.807) is 0 Å². The molecule has 1 unspecified atom stereocenters. The van der Waals surface area contributed by atoms with Gasteiger partial charge in [0.1, 0.15) is 0 Å². The largest absolute Gasteiger partial charge is 0.481 e. The first-order valence-electron chi connectivity index (χ1n) is 5.05. The van der Waals surface area contributed by atoms with Gasteiger partial charge in [-0.15, -0.1) is 0 Å². The number of hydrogen-bond acceptors (Lipinski definition) is 4. The molecule has 8 nitrogen and oxygen atoms in total. The van der Waals surface area contributed by atoms with Crippen LogP contribution in [0.5, 0.6) is 0 Å². The Morgan fingerprint density at radius 1 is 1.50 bits per heavy atom. The molecule has 0 radical (unpaired) electrons. The van der Waals surface area contributed by atoms with Crippen LogP contribution in [0, 0.1) is 10.1 Å². The summed E-state index contributed by atoms with van der Waals surface area (Å²) in [5, 5.41) is 22.5. The van der Waals surface area contributed by atoms with E-state index in [9.17, 15) is 14.9 Å². The first kappa shape index (κ1) is 13.5. The Kier molecular flexibility index (Phi) is 4.65. The Labute approximate surface area is 102 Å². The molecule has 0 fully saturated rings. The van der Waals surface area contributed by atoms with E-state index < -0.39 is 16.9 Å². The van der Waals surface area contributed by atoms with Crippen LogP contribution in [-0.2, 0) is 4.79 Å². The van der Waals surface area contributed by atoms with Gasteiger partial charge < -0.3 is 5.11 Å². The van der Waals surface area contributed by atoms with Gasteiger partial charge in [0, 0.05) is 23.5 Å². The van der Waals surface area contributed by atoms with Gasteiger partial charge in [-0.05, 0) is 17.5 Å². The van der Waals surface area contributed by atoms with Crippen LogP contribution in [0.4, 0.5) is 5.69 Å². The first-order chi connectivity index (χ1) is 8.54. The standard InChI is InChI=1S/C10H10N4O4/c11-13-12-9(5-6-10(15)16)7-1-3-8(4-2-7)14(17)18/h1-4,9H,5-6H2,(H,15,16). The molecule has 1 atom stereocenters. The molecule has 0 aromatic heterocycles. The number of non-ortho nitro benzene ring substituents is 1. The number of azide groups is 1. The highest BCUT2D eigenvalue weighted by Crippen LogP contribution is 2.25. The van der Waals surface area contributed by atoms with Crippen molar-refractivity contribution in [1.82, 2.24) is 0 Å². The summed E-state index contributed by atoms with van der Waals surface area (Å²) < 4.78 is 0. The van der Waals surface area contributed by atoms with E-state index in [1.807, 2.05) is 0 Å². The number of carboxylic acid groups (broad SMARTS) is 1. The van der Waals surface area contributed by atoms with Gasteiger partial charge in [-0.3, -0.25) is 14.9 Å². The molecule has 1 aromatic carbocycles. The van der Waals surface area contributed by atoms with E-state index >= 15 is 0 Å². The monoisotopic (exact) mass is 250 g/mol.